The molecule has 0 spiro atoms. The molecule has 3 rings (SSSR count). The molecule has 5 heteroatoms. The van der Waals surface area contributed by atoms with E-state index < -0.39 is 5.97 Å². The van der Waals surface area contributed by atoms with Crippen LogP contribution in [0.15, 0.2) is 59.1 Å². The van der Waals surface area contributed by atoms with E-state index in [1.807, 2.05) is 48.5 Å². The average Bonchev–Trinajstić information content (AvgIpc) is 2.66. The van der Waals surface area contributed by atoms with E-state index in [0.29, 0.717) is 30.4 Å². The second-order valence-corrected chi connectivity index (χ2v) is 7.68. The maximum Gasteiger partial charge on any atom is 0.357 e. The minimum atomic E-state index is -0.429. The molecule has 0 N–H and O–H groups in total. The van der Waals surface area contributed by atoms with Crippen molar-refractivity contribution in [1.29, 1.82) is 0 Å². The zero-order valence-corrected chi connectivity index (χ0v) is 17.0. The molecule has 4 nitrogen and oxygen atoms in total. The Kier molecular flexibility index (Phi) is 6.45. The molecule has 0 bridgehead atoms. The smallest absolute Gasteiger partial charge is 0.357 e. The highest BCUT2D eigenvalue weighted by atomic mass is 79.9. The summed E-state index contributed by atoms with van der Waals surface area (Å²) in [5.74, 6) is 0.664. The lowest BCUT2D eigenvalue weighted by Crippen LogP contribution is -2.10. The number of aromatic nitrogens is 1. The van der Waals surface area contributed by atoms with Gasteiger partial charge in [-0.1, -0.05) is 60.1 Å². The molecule has 0 amide bonds. The van der Waals surface area contributed by atoms with Crippen molar-refractivity contribution >= 4 is 32.8 Å². The van der Waals surface area contributed by atoms with Crippen LogP contribution in [0.1, 0.15) is 36.3 Å². The van der Waals surface area contributed by atoms with E-state index in [0.717, 1.165) is 21.8 Å². The number of halogens is 1. The summed E-state index contributed by atoms with van der Waals surface area (Å²) in [6.07, 6.45) is 0.822. The molecular formula is C22H22BrNO3. The molecular weight excluding hydrogens is 406 g/mol. The Morgan fingerprint density at radius 3 is 2.63 bits per heavy atom. The number of benzene rings is 2. The van der Waals surface area contributed by atoms with Crippen LogP contribution >= 0.6 is 15.9 Å². The molecule has 0 aliphatic rings. The number of hydrogen-bond acceptors (Lipinski definition) is 4. The fraction of sp³-hybridized carbons (Fsp3) is 0.273. The van der Waals surface area contributed by atoms with E-state index >= 15 is 0 Å². The number of nitrogens with zero attached hydrogens (tertiary/aromatic N) is 1. The molecule has 0 aliphatic heterocycles. The highest BCUT2D eigenvalue weighted by Gasteiger charge is 2.15. The van der Waals surface area contributed by atoms with Crippen LogP contribution in [0, 0.1) is 5.92 Å². The van der Waals surface area contributed by atoms with Crippen molar-refractivity contribution in [3.8, 4) is 5.75 Å². The zero-order chi connectivity index (χ0) is 19.2. The van der Waals surface area contributed by atoms with Gasteiger partial charge in [-0.25, -0.2) is 9.78 Å². The first kappa shape index (κ1) is 19.4. The average molecular weight is 428 g/mol. The van der Waals surface area contributed by atoms with Crippen LogP contribution < -0.4 is 4.74 Å². The van der Waals surface area contributed by atoms with E-state index in [-0.39, 0.29) is 5.69 Å². The van der Waals surface area contributed by atoms with Crippen molar-refractivity contribution in [1.82, 2.24) is 4.98 Å². The minimum absolute atomic E-state index is 0.257. The van der Waals surface area contributed by atoms with Gasteiger partial charge in [-0.05, 0) is 36.1 Å². The van der Waals surface area contributed by atoms with Crippen molar-refractivity contribution in [3.63, 3.8) is 0 Å². The van der Waals surface area contributed by atoms with Crippen LogP contribution in [0.2, 0.25) is 0 Å². The summed E-state index contributed by atoms with van der Waals surface area (Å²) in [5, 5.41) is 0.855. The van der Waals surface area contributed by atoms with E-state index in [1.165, 1.54) is 0 Å². The van der Waals surface area contributed by atoms with Gasteiger partial charge in [-0.3, -0.25) is 0 Å². The molecule has 1 aromatic heterocycles. The zero-order valence-electron chi connectivity index (χ0n) is 15.4. The maximum atomic E-state index is 12.4. The topological polar surface area (TPSA) is 48.4 Å². The third-order valence-corrected chi connectivity index (χ3v) is 4.60. The summed E-state index contributed by atoms with van der Waals surface area (Å²) in [6.45, 7) is 4.98. The summed E-state index contributed by atoms with van der Waals surface area (Å²) in [6, 6.07) is 17.3. The van der Waals surface area contributed by atoms with Crippen molar-refractivity contribution in [2.24, 2.45) is 5.92 Å². The van der Waals surface area contributed by atoms with Gasteiger partial charge >= 0.3 is 5.97 Å². The molecule has 0 unspecified atom stereocenters. The van der Waals surface area contributed by atoms with Crippen LogP contribution in [0.25, 0.3) is 10.9 Å². The number of hydrogen-bond donors (Lipinski definition) is 0. The Morgan fingerprint density at radius 2 is 1.89 bits per heavy atom. The fourth-order valence-corrected chi connectivity index (χ4v) is 2.94. The molecule has 2 aromatic carbocycles. The molecule has 0 atom stereocenters. The van der Waals surface area contributed by atoms with E-state index in [4.69, 9.17) is 9.47 Å². The van der Waals surface area contributed by atoms with Crippen LogP contribution in [0.4, 0.5) is 0 Å². The Morgan fingerprint density at radius 1 is 1.11 bits per heavy atom. The van der Waals surface area contributed by atoms with Gasteiger partial charge in [0.05, 0.1) is 12.1 Å². The third kappa shape index (κ3) is 5.30. The van der Waals surface area contributed by atoms with Gasteiger partial charge < -0.3 is 9.47 Å². The van der Waals surface area contributed by atoms with E-state index in [2.05, 4.69) is 34.8 Å². The highest BCUT2D eigenvalue weighted by Crippen LogP contribution is 2.29. The summed E-state index contributed by atoms with van der Waals surface area (Å²) in [7, 11) is 0. The largest absolute Gasteiger partial charge is 0.488 e. The van der Waals surface area contributed by atoms with Crippen LogP contribution in [-0.4, -0.2) is 17.6 Å². The lowest BCUT2D eigenvalue weighted by Gasteiger charge is -2.12. The molecule has 0 radical (unpaired) electrons. The summed E-state index contributed by atoms with van der Waals surface area (Å²) < 4.78 is 12.3. The second-order valence-electron chi connectivity index (χ2n) is 6.76. The van der Waals surface area contributed by atoms with Gasteiger partial charge in [0.2, 0.25) is 0 Å². The number of fused-ring (bicyclic) bond motifs is 1. The molecule has 27 heavy (non-hydrogen) atoms. The number of ether oxygens (including phenoxy) is 2. The summed E-state index contributed by atoms with van der Waals surface area (Å²) in [4.78, 5) is 16.9. The van der Waals surface area contributed by atoms with Crippen LogP contribution in [0.3, 0.4) is 0 Å². The number of pyridine rings is 1. The number of carbonyl (C=O) groups excluding carboxylic acids is 1. The van der Waals surface area contributed by atoms with Gasteiger partial charge in [0.25, 0.3) is 0 Å². The summed E-state index contributed by atoms with van der Waals surface area (Å²) >= 11 is 3.46. The molecule has 3 aromatic rings. The Labute approximate surface area is 167 Å². The van der Waals surface area contributed by atoms with E-state index in [1.54, 1.807) is 6.07 Å². The Hall–Kier alpha value is -2.40. The number of rotatable bonds is 7. The van der Waals surface area contributed by atoms with Crippen molar-refractivity contribution in [3.05, 3.63) is 70.3 Å². The molecule has 0 saturated heterocycles. The lowest BCUT2D eigenvalue weighted by atomic mass is 10.1. The Balaban J connectivity index is 1.87. The highest BCUT2D eigenvalue weighted by molar-refractivity contribution is 9.10. The third-order valence-electron chi connectivity index (χ3n) is 4.11. The fourth-order valence-electron chi connectivity index (χ4n) is 2.59. The van der Waals surface area contributed by atoms with Gasteiger partial charge in [0, 0.05) is 15.9 Å². The SMILES string of the molecule is CC(C)CCOC(=O)c1cc(OCc2ccccc2)c2ccc(Br)cc2n1. The quantitative estimate of drug-likeness (QED) is 0.448. The van der Waals surface area contributed by atoms with Gasteiger partial charge in [-0.15, -0.1) is 0 Å². The molecule has 140 valence electrons. The van der Waals surface area contributed by atoms with Crippen molar-refractivity contribution in [2.45, 2.75) is 26.9 Å². The first-order chi connectivity index (χ1) is 13.0. The first-order valence-electron chi connectivity index (χ1n) is 8.97. The molecule has 0 saturated carbocycles. The van der Waals surface area contributed by atoms with Crippen LogP contribution in [0.5, 0.6) is 5.75 Å². The number of esters is 1. The predicted octanol–water partition coefficient (Wildman–Crippen LogP) is 5.78. The van der Waals surface area contributed by atoms with Crippen molar-refractivity contribution in [2.75, 3.05) is 6.61 Å². The molecule has 0 fully saturated rings. The lowest BCUT2D eigenvalue weighted by molar-refractivity contribution is 0.0481. The monoisotopic (exact) mass is 427 g/mol. The standard InChI is InChI=1S/C22H22BrNO3/c1-15(2)10-11-26-22(25)20-13-21(27-14-16-6-4-3-5-7-16)18-9-8-17(23)12-19(18)24-20/h3-9,12-13,15H,10-11,14H2,1-2H3. The summed E-state index contributed by atoms with van der Waals surface area (Å²) in [5.41, 5.74) is 2.00. The molecule has 0 aliphatic carbocycles. The first-order valence-corrected chi connectivity index (χ1v) is 9.76. The normalized spacial score (nSPS) is 11.0. The Bertz CT molecular complexity index is 925. The minimum Gasteiger partial charge on any atom is -0.488 e. The predicted molar refractivity (Wildman–Crippen MR) is 110 cm³/mol. The van der Waals surface area contributed by atoms with Crippen LogP contribution in [-0.2, 0) is 11.3 Å². The van der Waals surface area contributed by atoms with Gasteiger partial charge in [0.1, 0.15) is 12.4 Å². The number of carbonyl (C=O) groups is 1. The second kappa shape index (κ2) is 9.00. The molecule has 1 heterocycles. The van der Waals surface area contributed by atoms with Gasteiger partial charge in [0.15, 0.2) is 5.69 Å². The maximum absolute atomic E-state index is 12.4. The van der Waals surface area contributed by atoms with Gasteiger partial charge in [-0.2, -0.15) is 0 Å². The van der Waals surface area contributed by atoms with E-state index in [9.17, 15) is 4.79 Å². The van der Waals surface area contributed by atoms with Crippen molar-refractivity contribution < 1.29 is 14.3 Å².